The summed E-state index contributed by atoms with van der Waals surface area (Å²) in [6.07, 6.45) is 0.602. The second kappa shape index (κ2) is 6.27. The summed E-state index contributed by atoms with van der Waals surface area (Å²) in [5.74, 6) is 0.664. The fraction of sp³-hybridized carbons (Fsp3) is 0.294. The van der Waals surface area contributed by atoms with Gasteiger partial charge in [-0.3, -0.25) is 0 Å². The number of methoxy groups -OCH3 is 1. The molecule has 20 heavy (non-hydrogen) atoms. The van der Waals surface area contributed by atoms with Crippen LogP contribution in [0.2, 0.25) is 0 Å². The first-order valence-corrected chi connectivity index (χ1v) is 6.98. The van der Waals surface area contributed by atoms with Gasteiger partial charge >= 0.3 is 0 Å². The Bertz CT molecular complexity index is 587. The molecule has 0 aliphatic carbocycles. The van der Waals surface area contributed by atoms with Crippen molar-refractivity contribution in [3.63, 3.8) is 0 Å². The van der Waals surface area contributed by atoms with Crippen molar-refractivity contribution in [1.82, 2.24) is 0 Å². The zero-order chi connectivity index (χ0) is 14.7. The molecule has 1 nitrogen and oxygen atoms in total. The minimum atomic E-state index is -0.228. The van der Waals surface area contributed by atoms with Gasteiger partial charge < -0.3 is 4.74 Å². The minimum Gasteiger partial charge on any atom is -0.496 e. The van der Waals surface area contributed by atoms with Crippen LogP contribution in [0.4, 0.5) is 4.39 Å². The summed E-state index contributed by atoms with van der Waals surface area (Å²) in [7, 11) is 1.67. The molecule has 0 saturated heterocycles. The van der Waals surface area contributed by atoms with Gasteiger partial charge in [0.25, 0.3) is 0 Å². The van der Waals surface area contributed by atoms with Crippen molar-refractivity contribution in [3.8, 4) is 5.75 Å². The number of halogens is 2. The topological polar surface area (TPSA) is 9.23 Å². The molecular formula is C17H18ClFO. The SMILES string of the molecule is COc1c(C)cc(C(Cl)Cc2cccc(F)c2)cc1C. The number of rotatable bonds is 4. The minimum absolute atomic E-state index is 0.180. The molecule has 2 aromatic carbocycles. The molecule has 106 valence electrons. The van der Waals surface area contributed by atoms with Gasteiger partial charge in [-0.1, -0.05) is 24.3 Å². The van der Waals surface area contributed by atoms with Crippen LogP contribution in [-0.2, 0) is 6.42 Å². The molecule has 0 spiro atoms. The Morgan fingerprint density at radius 3 is 2.35 bits per heavy atom. The molecule has 0 amide bonds. The van der Waals surface area contributed by atoms with Gasteiger partial charge in [0.15, 0.2) is 0 Å². The van der Waals surface area contributed by atoms with Gasteiger partial charge in [0.1, 0.15) is 11.6 Å². The fourth-order valence-electron chi connectivity index (χ4n) is 2.48. The molecule has 0 aromatic heterocycles. The summed E-state index contributed by atoms with van der Waals surface area (Å²) in [5, 5.41) is -0.180. The van der Waals surface area contributed by atoms with Gasteiger partial charge in [0, 0.05) is 0 Å². The zero-order valence-corrected chi connectivity index (χ0v) is 12.7. The highest BCUT2D eigenvalue weighted by molar-refractivity contribution is 6.21. The van der Waals surface area contributed by atoms with Crippen LogP contribution < -0.4 is 4.74 Å². The molecule has 0 radical (unpaired) electrons. The van der Waals surface area contributed by atoms with Crippen LogP contribution in [-0.4, -0.2) is 7.11 Å². The summed E-state index contributed by atoms with van der Waals surface area (Å²) >= 11 is 6.47. The first-order valence-electron chi connectivity index (χ1n) is 6.55. The van der Waals surface area contributed by atoms with Crippen LogP contribution in [0.5, 0.6) is 5.75 Å². The third-order valence-corrected chi connectivity index (χ3v) is 3.76. The van der Waals surface area contributed by atoms with Crippen molar-refractivity contribution in [2.75, 3.05) is 7.11 Å². The molecule has 0 fully saturated rings. The molecular weight excluding hydrogens is 275 g/mol. The Kier molecular flexibility index (Phi) is 4.66. The predicted molar refractivity (Wildman–Crippen MR) is 81.2 cm³/mol. The van der Waals surface area contributed by atoms with E-state index in [1.54, 1.807) is 13.2 Å². The van der Waals surface area contributed by atoms with Crippen LogP contribution in [0.15, 0.2) is 36.4 Å². The van der Waals surface area contributed by atoms with Crippen LogP contribution in [0.25, 0.3) is 0 Å². The van der Waals surface area contributed by atoms with E-state index in [4.69, 9.17) is 16.3 Å². The monoisotopic (exact) mass is 292 g/mol. The summed E-state index contributed by atoms with van der Waals surface area (Å²) in [6.45, 7) is 4.00. The zero-order valence-electron chi connectivity index (χ0n) is 11.9. The summed E-state index contributed by atoms with van der Waals surface area (Å²) in [4.78, 5) is 0. The number of aryl methyl sites for hydroxylation is 2. The van der Waals surface area contributed by atoms with Crippen LogP contribution >= 0.6 is 11.6 Å². The number of hydrogen-bond acceptors (Lipinski definition) is 1. The van der Waals surface area contributed by atoms with E-state index in [1.165, 1.54) is 12.1 Å². The summed E-state index contributed by atoms with van der Waals surface area (Å²) in [5.41, 5.74) is 4.06. The lowest BCUT2D eigenvalue weighted by Crippen LogP contribution is -2.00. The van der Waals surface area contributed by atoms with E-state index in [1.807, 2.05) is 32.0 Å². The standard InChI is InChI=1S/C17H18ClFO/c1-11-7-14(8-12(2)17(11)20-3)16(18)10-13-5-4-6-15(19)9-13/h4-9,16H,10H2,1-3H3. The average molecular weight is 293 g/mol. The maximum atomic E-state index is 13.2. The van der Waals surface area contributed by atoms with E-state index in [0.29, 0.717) is 6.42 Å². The smallest absolute Gasteiger partial charge is 0.124 e. The van der Waals surface area contributed by atoms with Crippen molar-refractivity contribution in [3.05, 3.63) is 64.5 Å². The lowest BCUT2D eigenvalue weighted by molar-refractivity contribution is 0.408. The molecule has 0 aliphatic heterocycles. The van der Waals surface area contributed by atoms with E-state index in [2.05, 4.69) is 0 Å². The van der Waals surface area contributed by atoms with Crippen molar-refractivity contribution >= 4 is 11.6 Å². The van der Waals surface area contributed by atoms with E-state index in [9.17, 15) is 4.39 Å². The Morgan fingerprint density at radius 2 is 1.80 bits per heavy atom. The van der Waals surface area contributed by atoms with Crippen LogP contribution in [0.1, 0.15) is 27.6 Å². The van der Waals surface area contributed by atoms with Crippen molar-refractivity contribution in [2.45, 2.75) is 25.6 Å². The lowest BCUT2D eigenvalue weighted by atomic mass is 9.99. The van der Waals surface area contributed by atoms with Gasteiger partial charge in [0.05, 0.1) is 12.5 Å². The normalized spacial score (nSPS) is 12.2. The molecule has 1 unspecified atom stereocenters. The Morgan fingerprint density at radius 1 is 1.15 bits per heavy atom. The molecule has 0 saturated carbocycles. The number of hydrogen-bond donors (Lipinski definition) is 0. The molecule has 0 aliphatic rings. The van der Waals surface area contributed by atoms with E-state index in [0.717, 1.165) is 28.0 Å². The fourth-order valence-corrected chi connectivity index (χ4v) is 2.78. The third kappa shape index (κ3) is 3.31. The van der Waals surface area contributed by atoms with Crippen molar-refractivity contribution in [1.29, 1.82) is 0 Å². The van der Waals surface area contributed by atoms with Gasteiger partial charge in [-0.15, -0.1) is 11.6 Å². The number of benzene rings is 2. The number of alkyl halides is 1. The molecule has 0 heterocycles. The maximum absolute atomic E-state index is 13.2. The first-order chi connectivity index (χ1) is 9.51. The van der Waals surface area contributed by atoms with Gasteiger partial charge in [-0.25, -0.2) is 4.39 Å². The highest BCUT2D eigenvalue weighted by atomic mass is 35.5. The van der Waals surface area contributed by atoms with E-state index in [-0.39, 0.29) is 11.2 Å². The van der Waals surface area contributed by atoms with E-state index >= 15 is 0 Å². The Balaban J connectivity index is 2.23. The van der Waals surface area contributed by atoms with Gasteiger partial charge in [0.2, 0.25) is 0 Å². The molecule has 3 heteroatoms. The predicted octanol–water partition coefficient (Wildman–Crippen LogP) is 4.97. The molecule has 0 N–H and O–H groups in total. The Hall–Kier alpha value is -1.54. The van der Waals surface area contributed by atoms with Crippen molar-refractivity contribution in [2.24, 2.45) is 0 Å². The maximum Gasteiger partial charge on any atom is 0.124 e. The summed E-state index contributed by atoms with van der Waals surface area (Å²) < 4.78 is 18.5. The number of ether oxygens (including phenoxy) is 1. The first kappa shape index (κ1) is 14.9. The van der Waals surface area contributed by atoms with Gasteiger partial charge in [-0.05, 0) is 54.7 Å². The molecule has 0 bridgehead atoms. The highest BCUT2D eigenvalue weighted by Gasteiger charge is 2.13. The van der Waals surface area contributed by atoms with Crippen LogP contribution in [0.3, 0.4) is 0 Å². The second-order valence-electron chi connectivity index (χ2n) is 4.99. The molecule has 1 atom stereocenters. The largest absolute Gasteiger partial charge is 0.496 e. The summed E-state index contributed by atoms with van der Waals surface area (Å²) in [6, 6.07) is 10.6. The second-order valence-corrected chi connectivity index (χ2v) is 5.52. The van der Waals surface area contributed by atoms with Crippen LogP contribution in [0, 0.1) is 19.7 Å². The van der Waals surface area contributed by atoms with Gasteiger partial charge in [-0.2, -0.15) is 0 Å². The van der Waals surface area contributed by atoms with E-state index < -0.39 is 0 Å². The van der Waals surface area contributed by atoms with Crippen molar-refractivity contribution < 1.29 is 9.13 Å². The molecule has 2 rings (SSSR count). The Labute approximate surface area is 124 Å². The highest BCUT2D eigenvalue weighted by Crippen LogP contribution is 2.31. The molecule has 2 aromatic rings. The third-order valence-electron chi connectivity index (χ3n) is 3.35. The quantitative estimate of drug-likeness (QED) is 0.723. The lowest BCUT2D eigenvalue weighted by Gasteiger charge is -2.15. The average Bonchev–Trinajstić information content (AvgIpc) is 2.38.